The van der Waals surface area contributed by atoms with Crippen molar-refractivity contribution in [1.82, 2.24) is 0 Å². The summed E-state index contributed by atoms with van der Waals surface area (Å²) in [6.07, 6.45) is 5.53. The molecule has 0 unspecified atom stereocenters. The van der Waals surface area contributed by atoms with Crippen LogP contribution in [0.15, 0.2) is 34.3 Å². The van der Waals surface area contributed by atoms with Gasteiger partial charge in [0, 0.05) is 40.1 Å². The standard InChI is InChI=1S/C32H46N2O2/c1-20-14-22(27(35)24(16-20)29(3,4)5)18-33-26-12-13-32(11,31(26,9)10)34-19-23-15-21(2)17-25(28(23)36)30(6,7)8/h14-19,26,35-36H,12-13H2,1-11H3/t26-,32+/m0/s1. The first-order valence-electron chi connectivity index (χ1n) is 13.1. The van der Waals surface area contributed by atoms with Gasteiger partial charge in [-0.2, -0.15) is 0 Å². The molecule has 0 radical (unpaired) electrons. The summed E-state index contributed by atoms with van der Waals surface area (Å²) in [4.78, 5) is 10.1. The highest BCUT2D eigenvalue weighted by Crippen LogP contribution is 2.50. The van der Waals surface area contributed by atoms with E-state index in [1.807, 2.05) is 24.6 Å². The maximum absolute atomic E-state index is 11.0. The van der Waals surface area contributed by atoms with E-state index in [1.165, 1.54) is 0 Å². The van der Waals surface area contributed by atoms with Crippen molar-refractivity contribution in [2.45, 2.75) is 111 Å². The van der Waals surface area contributed by atoms with Crippen LogP contribution in [0, 0.1) is 19.3 Å². The number of phenolic OH excluding ortho intramolecular Hbond substituents is 2. The van der Waals surface area contributed by atoms with Crippen molar-refractivity contribution in [3.63, 3.8) is 0 Å². The SMILES string of the molecule is Cc1cc(C=N[C@H]2CC[C@@](C)(N=Cc3cc(C)cc(C(C)(C)C)c3O)C2(C)C)c(O)c(C(C)(C)C)c1. The minimum atomic E-state index is -0.321. The molecular formula is C32H46N2O2. The molecule has 0 heterocycles. The largest absolute Gasteiger partial charge is 0.507 e. The minimum absolute atomic E-state index is 0.0777. The molecule has 4 heteroatoms. The van der Waals surface area contributed by atoms with Gasteiger partial charge in [0.2, 0.25) is 0 Å². The van der Waals surface area contributed by atoms with Crippen LogP contribution in [0.1, 0.15) is 109 Å². The molecule has 1 aliphatic rings. The van der Waals surface area contributed by atoms with Gasteiger partial charge in [0.1, 0.15) is 11.5 Å². The Kier molecular flexibility index (Phi) is 7.27. The lowest BCUT2D eigenvalue weighted by Crippen LogP contribution is -2.40. The third-order valence-corrected chi connectivity index (χ3v) is 8.19. The van der Waals surface area contributed by atoms with Gasteiger partial charge in [0.25, 0.3) is 0 Å². The second-order valence-electron chi connectivity index (χ2n) is 13.6. The van der Waals surface area contributed by atoms with Crippen LogP contribution >= 0.6 is 0 Å². The Morgan fingerprint density at radius 2 is 1.22 bits per heavy atom. The van der Waals surface area contributed by atoms with Crippen LogP contribution in [0.4, 0.5) is 0 Å². The quantitative estimate of drug-likeness (QED) is 0.429. The fourth-order valence-electron chi connectivity index (χ4n) is 5.29. The van der Waals surface area contributed by atoms with Crippen LogP contribution in [0.2, 0.25) is 0 Å². The van der Waals surface area contributed by atoms with Crippen molar-refractivity contribution in [2.24, 2.45) is 15.4 Å². The summed E-state index contributed by atoms with van der Waals surface area (Å²) in [7, 11) is 0. The molecule has 0 bridgehead atoms. The highest BCUT2D eigenvalue weighted by Gasteiger charge is 2.51. The minimum Gasteiger partial charge on any atom is -0.507 e. The Hall–Kier alpha value is -2.62. The second kappa shape index (κ2) is 9.36. The lowest BCUT2D eigenvalue weighted by atomic mass is 9.74. The van der Waals surface area contributed by atoms with Gasteiger partial charge in [0.15, 0.2) is 0 Å². The number of aliphatic imine (C=N–C) groups is 2. The van der Waals surface area contributed by atoms with E-state index >= 15 is 0 Å². The number of phenols is 2. The molecule has 1 aliphatic carbocycles. The molecule has 0 aliphatic heterocycles. The molecule has 0 aromatic heterocycles. The number of nitrogens with zero attached hydrogens (tertiary/aromatic N) is 2. The first-order valence-corrected chi connectivity index (χ1v) is 13.1. The summed E-state index contributed by atoms with van der Waals surface area (Å²) in [6.45, 7) is 23.5. The zero-order valence-electron chi connectivity index (χ0n) is 24.2. The molecule has 0 saturated heterocycles. The van der Waals surface area contributed by atoms with E-state index in [-0.39, 0.29) is 27.8 Å². The topological polar surface area (TPSA) is 65.2 Å². The van der Waals surface area contributed by atoms with Crippen molar-refractivity contribution in [3.05, 3.63) is 57.6 Å². The third kappa shape index (κ3) is 5.38. The Morgan fingerprint density at radius 3 is 1.67 bits per heavy atom. The van der Waals surface area contributed by atoms with E-state index in [0.717, 1.165) is 46.2 Å². The number of rotatable bonds is 4. The summed E-state index contributed by atoms with van der Waals surface area (Å²) >= 11 is 0. The number of benzene rings is 2. The van der Waals surface area contributed by atoms with Crippen LogP contribution in [-0.4, -0.2) is 34.2 Å². The molecule has 0 amide bonds. The molecule has 2 aromatic carbocycles. The normalized spacial score (nSPS) is 22.7. The van der Waals surface area contributed by atoms with Gasteiger partial charge in [-0.15, -0.1) is 0 Å². The van der Waals surface area contributed by atoms with Crippen LogP contribution in [0.5, 0.6) is 11.5 Å². The van der Waals surface area contributed by atoms with E-state index in [9.17, 15) is 10.2 Å². The van der Waals surface area contributed by atoms with Gasteiger partial charge in [0.05, 0.1) is 11.6 Å². The molecule has 2 atom stereocenters. The van der Waals surface area contributed by atoms with E-state index < -0.39 is 0 Å². The predicted molar refractivity (Wildman–Crippen MR) is 153 cm³/mol. The predicted octanol–water partition coefficient (Wildman–Crippen LogP) is 7.79. The lowest BCUT2D eigenvalue weighted by molar-refractivity contribution is 0.211. The van der Waals surface area contributed by atoms with Crippen molar-refractivity contribution in [1.29, 1.82) is 0 Å². The van der Waals surface area contributed by atoms with Gasteiger partial charge in [-0.25, -0.2) is 0 Å². The van der Waals surface area contributed by atoms with Gasteiger partial charge in [-0.1, -0.05) is 67.5 Å². The van der Waals surface area contributed by atoms with Gasteiger partial charge in [-0.3, -0.25) is 9.98 Å². The summed E-state index contributed by atoms with van der Waals surface area (Å²) in [5.41, 5.74) is 4.84. The first kappa shape index (κ1) is 28.0. The Morgan fingerprint density at radius 1 is 0.778 bits per heavy atom. The van der Waals surface area contributed by atoms with Crippen molar-refractivity contribution >= 4 is 12.4 Å². The Balaban J connectivity index is 1.91. The van der Waals surface area contributed by atoms with Crippen LogP contribution in [0.3, 0.4) is 0 Å². The van der Waals surface area contributed by atoms with Crippen LogP contribution < -0.4 is 0 Å². The molecule has 1 saturated carbocycles. The highest BCUT2D eigenvalue weighted by atomic mass is 16.3. The van der Waals surface area contributed by atoms with E-state index in [0.29, 0.717) is 11.5 Å². The monoisotopic (exact) mass is 490 g/mol. The average Bonchev–Trinajstić information content (AvgIpc) is 2.96. The van der Waals surface area contributed by atoms with Gasteiger partial charge < -0.3 is 10.2 Å². The van der Waals surface area contributed by atoms with E-state index in [4.69, 9.17) is 9.98 Å². The lowest BCUT2D eigenvalue weighted by Gasteiger charge is -2.37. The maximum atomic E-state index is 11.0. The molecule has 1 fully saturated rings. The zero-order valence-corrected chi connectivity index (χ0v) is 24.2. The Bertz CT molecular complexity index is 1190. The first-order chi connectivity index (χ1) is 16.4. The number of aromatic hydroxyl groups is 2. The molecule has 2 aromatic rings. The number of hydrogen-bond acceptors (Lipinski definition) is 4. The van der Waals surface area contributed by atoms with E-state index in [1.54, 1.807) is 0 Å². The van der Waals surface area contributed by atoms with Crippen LogP contribution in [0.25, 0.3) is 0 Å². The van der Waals surface area contributed by atoms with Gasteiger partial charge in [-0.05, 0) is 67.7 Å². The molecule has 4 nitrogen and oxygen atoms in total. The van der Waals surface area contributed by atoms with Crippen molar-refractivity contribution < 1.29 is 10.2 Å². The average molecular weight is 491 g/mol. The van der Waals surface area contributed by atoms with Crippen molar-refractivity contribution in [3.8, 4) is 11.5 Å². The summed E-state index contributed by atoms with van der Waals surface area (Å²) in [5, 5.41) is 21.9. The van der Waals surface area contributed by atoms with Gasteiger partial charge >= 0.3 is 0 Å². The summed E-state index contributed by atoms with van der Waals surface area (Å²) in [6, 6.07) is 8.20. The third-order valence-electron chi connectivity index (χ3n) is 8.19. The smallest absolute Gasteiger partial charge is 0.128 e. The molecule has 2 N–H and O–H groups in total. The molecule has 3 rings (SSSR count). The fourth-order valence-corrected chi connectivity index (χ4v) is 5.29. The molecule has 0 spiro atoms. The number of hydrogen-bond donors (Lipinski definition) is 2. The molecular weight excluding hydrogens is 444 g/mol. The van der Waals surface area contributed by atoms with E-state index in [2.05, 4.69) is 88.3 Å². The zero-order chi connectivity index (χ0) is 27.3. The second-order valence-corrected chi connectivity index (χ2v) is 13.6. The Labute approximate surface area is 218 Å². The summed E-state index contributed by atoms with van der Waals surface area (Å²) < 4.78 is 0. The number of aryl methyl sites for hydroxylation is 2. The molecule has 36 heavy (non-hydrogen) atoms. The van der Waals surface area contributed by atoms with Crippen molar-refractivity contribution in [2.75, 3.05) is 0 Å². The fraction of sp³-hybridized carbons (Fsp3) is 0.562. The maximum Gasteiger partial charge on any atom is 0.128 e. The van der Waals surface area contributed by atoms with Crippen LogP contribution in [-0.2, 0) is 10.8 Å². The summed E-state index contributed by atoms with van der Waals surface area (Å²) in [5.74, 6) is 0.633. The molecule has 196 valence electrons. The highest BCUT2D eigenvalue weighted by molar-refractivity contribution is 5.86.